The van der Waals surface area contributed by atoms with Gasteiger partial charge in [0.25, 0.3) is 0 Å². The molecule has 6 nitrogen and oxygen atoms in total. The van der Waals surface area contributed by atoms with Crippen molar-refractivity contribution in [3.63, 3.8) is 0 Å². The molecule has 3 aliphatic rings. The highest BCUT2D eigenvalue weighted by Gasteiger charge is 2.48. The summed E-state index contributed by atoms with van der Waals surface area (Å²) in [4.78, 5) is 23.6. The molecule has 6 heteroatoms. The normalized spacial score (nSPS) is 29.0. The van der Waals surface area contributed by atoms with Crippen LogP contribution in [0.3, 0.4) is 0 Å². The smallest absolute Gasteiger partial charge is 0.242 e. The minimum Gasteiger partial charge on any atom is -0.368 e. The van der Waals surface area contributed by atoms with Crippen molar-refractivity contribution in [3.05, 3.63) is 17.5 Å². The van der Waals surface area contributed by atoms with Crippen molar-refractivity contribution < 1.29 is 4.79 Å². The molecule has 1 amide bonds. The number of nitrogens with zero attached hydrogens (tertiary/aromatic N) is 3. The SMILES string of the molecule is Nc1ncc2c(n1)C1(CCCN(C(=O)C3(N)CCCC3)C1)CC2. The van der Waals surface area contributed by atoms with Crippen LogP contribution in [0.25, 0.3) is 0 Å². The van der Waals surface area contributed by atoms with Gasteiger partial charge in [-0.15, -0.1) is 0 Å². The van der Waals surface area contributed by atoms with Crippen molar-refractivity contribution in [1.29, 1.82) is 0 Å². The Kier molecular flexibility index (Phi) is 3.34. The number of nitrogens with two attached hydrogens (primary N) is 2. The summed E-state index contributed by atoms with van der Waals surface area (Å²) in [5.74, 6) is 0.476. The second kappa shape index (κ2) is 5.16. The van der Waals surface area contributed by atoms with Crippen LogP contribution in [0.4, 0.5) is 5.95 Å². The van der Waals surface area contributed by atoms with Gasteiger partial charge in [0.2, 0.25) is 11.9 Å². The van der Waals surface area contributed by atoms with Crippen LogP contribution in [0, 0.1) is 0 Å². The van der Waals surface area contributed by atoms with Crippen LogP contribution < -0.4 is 11.5 Å². The molecular weight excluding hydrogens is 290 g/mol. The number of likely N-dealkylation sites (tertiary alicyclic amines) is 1. The molecule has 1 spiro atoms. The fourth-order valence-electron chi connectivity index (χ4n) is 4.79. The van der Waals surface area contributed by atoms with E-state index in [0.717, 1.165) is 70.2 Å². The number of rotatable bonds is 1. The lowest BCUT2D eigenvalue weighted by molar-refractivity contribution is -0.139. The number of fused-ring (bicyclic) bond motifs is 2. The lowest BCUT2D eigenvalue weighted by Gasteiger charge is -2.43. The maximum absolute atomic E-state index is 13.0. The van der Waals surface area contributed by atoms with Crippen LogP contribution in [0.1, 0.15) is 56.2 Å². The van der Waals surface area contributed by atoms with Crippen molar-refractivity contribution >= 4 is 11.9 Å². The molecule has 1 aliphatic heterocycles. The minimum atomic E-state index is -0.634. The second-order valence-corrected chi connectivity index (χ2v) is 7.58. The van der Waals surface area contributed by atoms with E-state index in [-0.39, 0.29) is 11.3 Å². The number of aryl methyl sites for hydroxylation is 1. The summed E-state index contributed by atoms with van der Waals surface area (Å²) in [6.07, 6.45) is 9.70. The molecule has 1 aromatic rings. The van der Waals surface area contributed by atoms with Gasteiger partial charge in [0, 0.05) is 24.7 Å². The van der Waals surface area contributed by atoms with E-state index in [9.17, 15) is 4.79 Å². The van der Waals surface area contributed by atoms with Crippen LogP contribution in [-0.4, -0.2) is 39.4 Å². The highest BCUT2D eigenvalue weighted by atomic mass is 16.2. The first-order valence-corrected chi connectivity index (χ1v) is 8.73. The van der Waals surface area contributed by atoms with Gasteiger partial charge in [-0.25, -0.2) is 9.97 Å². The van der Waals surface area contributed by atoms with E-state index in [1.54, 1.807) is 0 Å². The molecule has 0 bridgehead atoms. The minimum absolute atomic E-state index is 0.0464. The van der Waals surface area contributed by atoms with Crippen molar-refractivity contribution in [3.8, 4) is 0 Å². The quantitative estimate of drug-likeness (QED) is 0.809. The number of carbonyl (C=O) groups excluding carboxylic acids is 1. The Morgan fingerprint density at radius 3 is 2.74 bits per heavy atom. The third kappa shape index (κ3) is 2.31. The monoisotopic (exact) mass is 315 g/mol. The van der Waals surface area contributed by atoms with E-state index in [0.29, 0.717) is 5.95 Å². The molecule has 2 fully saturated rings. The molecule has 124 valence electrons. The molecule has 1 unspecified atom stereocenters. The average Bonchev–Trinajstić information content (AvgIpc) is 3.13. The maximum Gasteiger partial charge on any atom is 0.242 e. The number of aromatic nitrogens is 2. The number of piperidine rings is 1. The summed E-state index contributed by atoms with van der Waals surface area (Å²) in [7, 11) is 0. The number of amides is 1. The topological polar surface area (TPSA) is 98.1 Å². The number of hydrogen-bond acceptors (Lipinski definition) is 5. The van der Waals surface area contributed by atoms with E-state index in [1.807, 2.05) is 11.1 Å². The Hall–Kier alpha value is -1.69. The van der Waals surface area contributed by atoms with Crippen LogP contribution in [0.5, 0.6) is 0 Å². The third-order valence-corrected chi connectivity index (χ3v) is 6.04. The Morgan fingerprint density at radius 2 is 1.96 bits per heavy atom. The largest absolute Gasteiger partial charge is 0.368 e. The Bertz CT molecular complexity index is 636. The highest BCUT2D eigenvalue weighted by Crippen LogP contribution is 2.44. The second-order valence-electron chi connectivity index (χ2n) is 7.58. The fourth-order valence-corrected chi connectivity index (χ4v) is 4.79. The molecule has 1 atom stereocenters. The molecule has 4 rings (SSSR count). The number of carbonyl (C=O) groups is 1. The summed E-state index contributed by atoms with van der Waals surface area (Å²) in [6.45, 7) is 1.55. The first-order valence-electron chi connectivity index (χ1n) is 8.73. The number of nitrogen functional groups attached to an aromatic ring is 1. The molecular formula is C17H25N5O. The summed E-state index contributed by atoms with van der Waals surface area (Å²) < 4.78 is 0. The Labute approximate surface area is 136 Å². The molecule has 23 heavy (non-hydrogen) atoms. The van der Waals surface area contributed by atoms with Gasteiger partial charge in [-0.1, -0.05) is 12.8 Å². The van der Waals surface area contributed by atoms with E-state index in [1.165, 1.54) is 5.56 Å². The van der Waals surface area contributed by atoms with Crippen LogP contribution in [0.15, 0.2) is 6.20 Å². The Balaban J connectivity index is 1.61. The zero-order chi connectivity index (χ0) is 16.1. The summed E-state index contributed by atoms with van der Waals surface area (Å²) in [5, 5.41) is 0. The van der Waals surface area contributed by atoms with Gasteiger partial charge in [-0.2, -0.15) is 0 Å². The molecule has 1 saturated carbocycles. The lowest BCUT2D eigenvalue weighted by atomic mass is 9.77. The predicted octanol–water partition coefficient (Wildman–Crippen LogP) is 1.14. The summed E-state index contributed by atoms with van der Waals surface area (Å²) >= 11 is 0. The van der Waals surface area contributed by atoms with Gasteiger partial charge in [-0.05, 0) is 44.1 Å². The molecule has 0 aromatic carbocycles. The zero-order valence-electron chi connectivity index (χ0n) is 13.6. The van der Waals surface area contributed by atoms with E-state index in [2.05, 4.69) is 9.97 Å². The molecule has 1 saturated heterocycles. The molecule has 2 heterocycles. The van der Waals surface area contributed by atoms with E-state index >= 15 is 0 Å². The van der Waals surface area contributed by atoms with Gasteiger partial charge >= 0.3 is 0 Å². The molecule has 0 radical (unpaired) electrons. The van der Waals surface area contributed by atoms with Crippen LogP contribution in [-0.2, 0) is 16.6 Å². The highest BCUT2D eigenvalue weighted by molar-refractivity contribution is 5.86. The van der Waals surface area contributed by atoms with Crippen molar-refractivity contribution in [2.24, 2.45) is 5.73 Å². The summed E-state index contributed by atoms with van der Waals surface area (Å²) in [6, 6.07) is 0. The van der Waals surface area contributed by atoms with Crippen molar-refractivity contribution in [1.82, 2.24) is 14.9 Å². The molecule has 1 aromatic heterocycles. The maximum atomic E-state index is 13.0. The first-order chi connectivity index (χ1) is 11.0. The molecule has 2 aliphatic carbocycles. The van der Waals surface area contributed by atoms with E-state index in [4.69, 9.17) is 11.5 Å². The summed E-state index contributed by atoms with van der Waals surface area (Å²) in [5.41, 5.74) is 13.8. The van der Waals surface area contributed by atoms with Gasteiger partial charge in [0.15, 0.2) is 0 Å². The van der Waals surface area contributed by atoms with E-state index < -0.39 is 5.54 Å². The van der Waals surface area contributed by atoms with Crippen LogP contribution in [0.2, 0.25) is 0 Å². The van der Waals surface area contributed by atoms with Gasteiger partial charge in [0.1, 0.15) is 0 Å². The van der Waals surface area contributed by atoms with Gasteiger partial charge in [0.05, 0.1) is 11.2 Å². The third-order valence-electron chi connectivity index (χ3n) is 6.04. The zero-order valence-corrected chi connectivity index (χ0v) is 13.6. The standard InChI is InChI=1S/C17H25N5O/c18-15-20-10-12-4-8-16(13(12)21-15)5-3-9-22(11-16)14(23)17(19)6-1-2-7-17/h10H,1-9,11,19H2,(H2,18,20,21). The van der Waals surface area contributed by atoms with Gasteiger partial charge < -0.3 is 16.4 Å². The fraction of sp³-hybridized carbons (Fsp3) is 0.706. The van der Waals surface area contributed by atoms with Crippen molar-refractivity contribution in [2.45, 2.75) is 62.3 Å². The lowest BCUT2D eigenvalue weighted by Crippen LogP contribution is -2.58. The Morgan fingerprint density at radius 1 is 1.17 bits per heavy atom. The number of hydrogen-bond donors (Lipinski definition) is 2. The van der Waals surface area contributed by atoms with Crippen molar-refractivity contribution in [2.75, 3.05) is 18.8 Å². The molecule has 4 N–H and O–H groups in total. The number of anilines is 1. The predicted molar refractivity (Wildman–Crippen MR) is 87.6 cm³/mol. The average molecular weight is 315 g/mol. The van der Waals surface area contributed by atoms with Gasteiger partial charge in [-0.3, -0.25) is 4.79 Å². The van der Waals surface area contributed by atoms with Crippen LogP contribution >= 0.6 is 0 Å². The first kappa shape index (κ1) is 14.9.